The van der Waals surface area contributed by atoms with Gasteiger partial charge in [-0.2, -0.15) is 11.9 Å². The molecule has 0 bridgehead atoms. The summed E-state index contributed by atoms with van der Waals surface area (Å²) >= 11 is 0. The quantitative estimate of drug-likeness (QED) is 0.0893. The molecular weight excluding hydrogens is 1430 g/mol. The van der Waals surface area contributed by atoms with Crippen LogP contribution in [0.2, 0.25) is 0 Å². The molecule has 8 aromatic carbocycles. The molecule has 6 heterocycles. The minimum Gasteiger partial charge on any atom is -0.559 e. The number of nitrogens with zero attached hydrogens (tertiary/aromatic N) is 10. The van der Waals surface area contributed by atoms with Crippen molar-refractivity contribution in [2.24, 2.45) is 39.9 Å². The van der Waals surface area contributed by atoms with Crippen molar-refractivity contribution in [1.82, 2.24) is 9.97 Å². The van der Waals surface area contributed by atoms with Gasteiger partial charge in [-0.3, -0.25) is 32.4 Å². The molecule has 448 valence electrons. The summed E-state index contributed by atoms with van der Waals surface area (Å²) < 4.78 is 0. The maximum Gasteiger partial charge on any atom is 0.0669 e. The van der Waals surface area contributed by atoms with Gasteiger partial charge in [-0.15, -0.1) is 70.8 Å². The first kappa shape index (κ1) is 76.5. The Morgan fingerprint density at radius 3 is 0.859 bits per heavy atom. The van der Waals surface area contributed by atoms with Crippen LogP contribution in [0.4, 0.5) is 45.6 Å². The molecular formula is C78H66N10Y4-8. The van der Waals surface area contributed by atoms with Crippen LogP contribution in [0.3, 0.4) is 0 Å². The maximum atomic E-state index is 4.76. The molecule has 14 heteroatoms. The van der Waals surface area contributed by atoms with Crippen LogP contribution in [0.15, 0.2) is 246 Å². The summed E-state index contributed by atoms with van der Waals surface area (Å²) in [4.78, 5) is 44.7. The second-order valence-corrected chi connectivity index (χ2v) is 19.1. The molecule has 10 aromatic rings. The van der Waals surface area contributed by atoms with Crippen LogP contribution in [0.1, 0.15) is 122 Å². The van der Waals surface area contributed by atoms with E-state index in [-0.39, 0.29) is 131 Å². The Morgan fingerprint density at radius 1 is 0.315 bits per heavy atom. The van der Waals surface area contributed by atoms with Crippen LogP contribution in [0.25, 0.3) is 0 Å². The van der Waals surface area contributed by atoms with Gasteiger partial charge in [0.15, 0.2) is 0 Å². The van der Waals surface area contributed by atoms with Crippen molar-refractivity contribution in [1.29, 1.82) is 0 Å². The summed E-state index contributed by atoms with van der Waals surface area (Å²) in [7, 11) is 0. The molecule has 4 aliphatic heterocycles. The average Bonchev–Trinajstić information content (AvgIpc) is 2.34. The predicted molar refractivity (Wildman–Crippen MR) is 365 cm³/mol. The van der Waals surface area contributed by atoms with Crippen molar-refractivity contribution in [3.8, 4) is 0 Å². The molecule has 10 nitrogen and oxygen atoms in total. The Bertz CT molecular complexity index is 3940. The van der Waals surface area contributed by atoms with Crippen molar-refractivity contribution in [2.45, 2.75) is 81.1 Å². The zero-order valence-electron chi connectivity index (χ0n) is 53.2. The molecule has 0 fully saturated rings. The van der Waals surface area contributed by atoms with Crippen molar-refractivity contribution in [3.63, 3.8) is 0 Å². The van der Waals surface area contributed by atoms with Crippen molar-refractivity contribution in [3.05, 3.63) is 298 Å². The van der Waals surface area contributed by atoms with E-state index in [1.807, 2.05) is 140 Å². The van der Waals surface area contributed by atoms with Gasteiger partial charge < -0.3 is 48.1 Å². The zero-order valence-corrected chi connectivity index (χ0v) is 64.6. The Morgan fingerprint density at radius 2 is 0.587 bits per heavy atom. The Hall–Kier alpha value is -6.16. The van der Waals surface area contributed by atoms with Crippen molar-refractivity contribution < 1.29 is 131 Å². The van der Waals surface area contributed by atoms with E-state index < -0.39 is 0 Å². The summed E-state index contributed by atoms with van der Waals surface area (Å²) in [6, 6.07) is 71.7. The average molecular weight is 1500 g/mol. The topological polar surface area (TPSA) is 125 Å². The molecule has 0 saturated carbocycles. The fourth-order valence-corrected chi connectivity index (χ4v) is 9.52. The van der Waals surface area contributed by atoms with Gasteiger partial charge in [-0.05, 0) is 93.2 Å². The Labute approximate surface area is 644 Å². The normalized spacial score (nSPS) is 12.3. The number of benzene rings is 8. The predicted octanol–water partition coefficient (Wildman–Crippen LogP) is 18.7. The van der Waals surface area contributed by atoms with Gasteiger partial charge in [0, 0.05) is 157 Å². The molecule has 4 aliphatic rings. The Kier molecular flexibility index (Phi) is 33.4. The molecule has 0 N–H and O–H groups in total. The zero-order chi connectivity index (χ0) is 61.5. The fraction of sp³-hybridized carbons (Fsp3) is 0.154. The van der Waals surface area contributed by atoms with E-state index in [2.05, 4.69) is 189 Å². The molecule has 14 rings (SSSR count). The van der Waals surface area contributed by atoms with Crippen LogP contribution in [0.5, 0.6) is 0 Å². The maximum absolute atomic E-state index is 4.76. The van der Waals surface area contributed by atoms with Crippen molar-refractivity contribution in [2.75, 3.05) is 0 Å². The third-order valence-corrected chi connectivity index (χ3v) is 13.7. The molecule has 0 amide bonds. The van der Waals surface area contributed by atoms with E-state index in [1.54, 1.807) is 12.1 Å². The van der Waals surface area contributed by atoms with Gasteiger partial charge in [-0.1, -0.05) is 183 Å². The number of para-hydroxylation sites is 4. The standard InChI is InChI=1S/2C35H21N5.4C2H6.4Y/c1-3-7-32-28(5-1)17-34(39-32)26-13-9-24(10-14-26)20-37-30-19-31(23-36-22-30)38-21-25-11-15-27(16-12-25)35-18-29-6-2-4-8-33(29)40-35;1-3-7-31-28(5-1)19-33(39-31)26-13-9-24(10-14-26)21-36-30-17-18-35(38-23-30)37-22-25-11-15-27(16-12-25)34-20-29-6-2-4-8-32(29)40-34;4*1-2;;;;/h1-16,19H,17-18H2;1-17H,19-20H2;4*1-2H3;;;;/q2*-4;;;;;;;;. The van der Waals surface area contributed by atoms with Crippen LogP contribution < -0.4 is 0 Å². The molecule has 92 heavy (non-hydrogen) atoms. The molecule has 0 saturated heterocycles. The molecule has 4 radical (unpaired) electrons. The van der Waals surface area contributed by atoms with Crippen LogP contribution in [-0.4, -0.2) is 57.7 Å². The number of hydrogen-bond donors (Lipinski definition) is 0. The molecule has 0 atom stereocenters. The number of fused-ring (bicyclic) bond motifs is 4. The molecule has 0 unspecified atom stereocenters. The first-order valence-corrected chi connectivity index (χ1v) is 30.1. The number of hydrogen-bond acceptors (Lipinski definition) is 10. The van der Waals surface area contributed by atoms with Gasteiger partial charge in [0.05, 0.1) is 45.6 Å². The minimum atomic E-state index is 0. The Balaban J connectivity index is 0.000000290. The first-order chi connectivity index (χ1) is 43.5. The second-order valence-electron chi connectivity index (χ2n) is 19.1. The molecule has 0 spiro atoms. The molecule has 2 aromatic heterocycles. The van der Waals surface area contributed by atoms with Gasteiger partial charge in [0.2, 0.25) is 0 Å². The van der Waals surface area contributed by atoms with E-state index >= 15 is 0 Å². The van der Waals surface area contributed by atoms with Gasteiger partial charge in [0.25, 0.3) is 0 Å². The largest absolute Gasteiger partial charge is 0.559 e. The first-order valence-electron chi connectivity index (χ1n) is 30.1. The summed E-state index contributed by atoms with van der Waals surface area (Å²) in [5.41, 5.74) is 23.0. The minimum absolute atomic E-state index is 0. The van der Waals surface area contributed by atoms with E-state index in [0.717, 1.165) is 116 Å². The van der Waals surface area contributed by atoms with Gasteiger partial charge in [0.1, 0.15) is 0 Å². The van der Waals surface area contributed by atoms with Crippen LogP contribution in [0, 0.1) is 24.7 Å². The monoisotopic (exact) mass is 1500 g/mol. The number of aliphatic imine (C=N–C) groups is 8. The smallest absolute Gasteiger partial charge is 0.0669 e. The molecule has 0 aliphatic carbocycles. The third-order valence-electron chi connectivity index (χ3n) is 13.7. The second kappa shape index (κ2) is 40.2. The van der Waals surface area contributed by atoms with Crippen LogP contribution >= 0.6 is 0 Å². The van der Waals surface area contributed by atoms with Crippen molar-refractivity contribution >= 4 is 93.3 Å². The van der Waals surface area contributed by atoms with E-state index in [4.69, 9.17) is 20.0 Å². The van der Waals surface area contributed by atoms with Crippen LogP contribution in [-0.2, 0) is 157 Å². The van der Waals surface area contributed by atoms with E-state index in [0.29, 0.717) is 22.9 Å². The summed E-state index contributed by atoms with van der Waals surface area (Å²) in [5, 5.41) is 0. The summed E-state index contributed by atoms with van der Waals surface area (Å²) in [6.45, 7) is 16.0. The third kappa shape index (κ3) is 20.9. The summed E-state index contributed by atoms with van der Waals surface area (Å²) in [6.07, 6.45) is 24.2. The van der Waals surface area contributed by atoms with Gasteiger partial charge in [-0.25, -0.2) is 11.4 Å². The van der Waals surface area contributed by atoms with E-state index in [1.165, 1.54) is 22.3 Å². The number of rotatable bonds is 12. The van der Waals surface area contributed by atoms with E-state index in [9.17, 15) is 0 Å². The SMILES string of the molecule is CC.CC.CC.CC.[C-](=Nc1[c-]n[c-]c(N=[C-]c2ccc(C3=Nc4ccccc4C3)cc2)c1)c1ccc(C2=Nc3ccccc3C2)cc1.[C-](=Nc1[c-]nc(N=[C-]c2ccc(C3=Nc4ccccc4C3)cc2)[c-]c1)c1ccc(C2=Nc3ccccc3C2)cc1.[Y].[Y].[Y].[Y]. The summed E-state index contributed by atoms with van der Waals surface area (Å²) in [5.74, 6) is 0.390. The number of aromatic nitrogens is 2. The van der Waals surface area contributed by atoms with Gasteiger partial charge >= 0.3 is 0 Å². The fourth-order valence-electron chi connectivity index (χ4n) is 9.52. The number of pyridine rings is 2.